The number of β-amino-alcohol motifs (C(OH)–C–C–N with tert-alkyl or cyclic N) is 1. The van der Waals surface area contributed by atoms with Crippen molar-refractivity contribution < 1.29 is 14.7 Å². The van der Waals surface area contributed by atoms with Crippen LogP contribution in [0.5, 0.6) is 0 Å². The molecule has 1 saturated heterocycles. The van der Waals surface area contributed by atoms with Crippen molar-refractivity contribution in [3.05, 3.63) is 12.7 Å². The Bertz CT molecular complexity index is 443. The van der Waals surface area contributed by atoms with Crippen LogP contribution in [0.1, 0.15) is 40.0 Å². The molecule has 0 aliphatic carbocycles. The molecular formula is C17H31N3O3S. The highest BCUT2D eigenvalue weighted by Crippen LogP contribution is 2.30. The van der Waals surface area contributed by atoms with Gasteiger partial charge in [-0.3, -0.25) is 0 Å². The third kappa shape index (κ3) is 6.02. The number of urea groups is 2. The van der Waals surface area contributed by atoms with Gasteiger partial charge < -0.3 is 14.9 Å². The first-order valence-electron chi connectivity index (χ1n) is 8.57. The Kier molecular flexibility index (Phi) is 8.62. The quantitative estimate of drug-likeness (QED) is 0.577. The fourth-order valence-electron chi connectivity index (χ4n) is 2.64. The first kappa shape index (κ1) is 20.8. The number of imide groups is 1. The topological polar surface area (TPSA) is 64.1 Å². The van der Waals surface area contributed by atoms with Crippen molar-refractivity contribution in [2.75, 3.05) is 38.7 Å². The molecule has 0 bridgehead atoms. The number of aliphatic hydroxyl groups is 1. The van der Waals surface area contributed by atoms with Crippen LogP contribution in [0.25, 0.3) is 0 Å². The minimum absolute atomic E-state index is 0.115. The number of aliphatic hydroxyl groups excluding tert-OH is 1. The highest BCUT2D eigenvalue weighted by Gasteiger charge is 2.36. The second-order valence-corrected chi connectivity index (χ2v) is 8.37. The Balaban J connectivity index is 2.63. The minimum atomic E-state index is -0.357. The number of nitrogens with zero attached hydrogens (tertiary/aromatic N) is 3. The molecule has 138 valence electrons. The van der Waals surface area contributed by atoms with Gasteiger partial charge in [0.1, 0.15) is 0 Å². The van der Waals surface area contributed by atoms with Crippen molar-refractivity contribution in [2.45, 2.75) is 44.8 Å². The van der Waals surface area contributed by atoms with Crippen molar-refractivity contribution in [2.24, 2.45) is 0 Å². The van der Waals surface area contributed by atoms with Crippen LogP contribution in [-0.2, 0) is 0 Å². The first-order chi connectivity index (χ1) is 11.4. The number of rotatable bonds is 11. The largest absolute Gasteiger partial charge is 0.395 e. The summed E-state index contributed by atoms with van der Waals surface area (Å²) in [6.45, 7) is 11.4. The molecule has 0 saturated carbocycles. The molecule has 0 unspecified atom stereocenters. The summed E-state index contributed by atoms with van der Waals surface area (Å²) in [4.78, 5) is 29.1. The fraction of sp³-hybridized carbons (Fsp3) is 0.765. The second kappa shape index (κ2) is 9.93. The average molecular weight is 358 g/mol. The molecule has 1 aliphatic rings. The Morgan fingerprint density at radius 1 is 1.25 bits per heavy atom. The maximum absolute atomic E-state index is 12.5. The molecule has 1 aliphatic heterocycles. The van der Waals surface area contributed by atoms with Crippen molar-refractivity contribution in [3.8, 4) is 0 Å². The van der Waals surface area contributed by atoms with E-state index >= 15 is 0 Å². The van der Waals surface area contributed by atoms with Gasteiger partial charge in [-0.25, -0.2) is 14.5 Å². The predicted molar refractivity (Wildman–Crippen MR) is 99.1 cm³/mol. The fourth-order valence-corrected chi connectivity index (χ4v) is 3.68. The van der Waals surface area contributed by atoms with Crippen molar-refractivity contribution >= 4 is 23.8 Å². The van der Waals surface area contributed by atoms with E-state index in [0.29, 0.717) is 6.54 Å². The van der Waals surface area contributed by atoms with Crippen molar-refractivity contribution in [1.29, 1.82) is 0 Å². The van der Waals surface area contributed by atoms with Gasteiger partial charge in [0.15, 0.2) is 0 Å². The van der Waals surface area contributed by atoms with Crippen LogP contribution in [-0.4, -0.2) is 75.3 Å². The molecule has 24 heavy (non-hydrogen) atoms. The van der Waals surface area contributed by atoms with E-state index in [9.17, 15) is 9.59 Å². The van der Waals surface area contributed by atoms with Gasteiger partial charge in [-0.15, -0.1) is 6.58 Å². The van der Waals surface area contributed by atoms with E-state index in [4.69, 9.17) is 5.11 Å². The van der Waals surface area contributed by atoms with E-state index in [0.717, 1.165) is 25.0 Å². The Morgan fingerprint density at radius 2 is 1.88 bits per heavy atom. The number of carbonyl (C=O) groups excluding carboxylic acids is 2. The summed E-state index contributed by atoms with van der Waals surface area (Å²) in [6, 6.07) is -0.628. The highest BCUT2D eigenvalue weighted by molar-refractivity contribution is 8.00. The van der Waals surface area contributed by atoms with Gasteiger partial charge in [-0.05, 0) is 25.0 Å². The van der Waals surface area contributed by atoms with Gasteiger partial charge in [0, 0.05) is 17.8 Å². The third-order valence-corrected chi connectivity index (χ3v) is 5.53. The molecule has 7 heteroatoms. The number of carbonyl (C=O) groups is 2. The third-order valence-electron chi connectivity index (χ3n) is 3.93. The molecule has 1 fully saturated rings. The van der Waals surface area contributed by atoms with Gasteiger partial charge >= 0.3 is 12.1 Å². The molecule has 0 aromatic heterocycles. The molecule has 0 radical (unpaired) electrons. The number of hydrogen-bond donors (Lipinski definition) is 1. The van der Waals surface area contributed by atoms with Crippen LogP contribution in [0.2, 0.25) is 0 Å². The van der Waals surface area contributed by atoms with Gasteiger partial charge in [0.25, 0.3) is 0 Å². The summed E-state index contributed by atoms with van der Waals surface area (Å²) >= 11 is 1.96. The summed E-state index contributed by atoms with van der Waals surface area (Å²) in [6.07, 6.45) is 4.60. The molecule has 1 heterocycles. The van der Waals surface area contributed by atoms with E-state index < -0.39 is 0 Å². The van der Waals surface area contributed by atoms with Crippen molar-refractivity contribution in [3.63, 3.8) is 0 Å². The molecule has 0 aromatic carbocycles. The summed E-state index contributed by atoms with van der Waals surface area (Å²) in [5, 5.41) is 9.13. The van der Waals surface area contributed by atoms with E-state index in [1.807, 2.05) is 11.8 Å². The summed E-state index contributed by atoms with van der Waals surface area (Å²) in [5.41, 5.74) is 0. The lowest BCUT2D eigenvalue weighted by molar-refractivity contribution is 0.0723. The van der Waals surface area contributed by atoms with Gasteiger partial charge in [0.2, 0.25) is 0 Å². The Morgan fingerprint density at radius 3 is 2.42 bits per heavy atom. The van der Waals surface area contributed by atoms with Gasteiger partial charge in [-0.2, -0.15) is 11.8 Å². The normalized spacial score (nSPS) is 16.1. The number of thioether (sulfide) groups is 1. The molecule has 4 amide bonds. The SMILES string of the molecule is C=CCN1C(=O)N(CCO)CN(CCCC(C)(C)SCCC)C1=O. The molecule has 0 atom stereocenters. The zero-order valence-electron chi connectivity index (χ0n) is 15.2. The zero-order chi connectivity index (χ0) is 18.2. The van der Waals surface area contributed by atoms with Crippen LogP contribution >= 0.6 is 11.8 Å². The average Bonchev–Trinajstić information content (AvgIpc) is 2.54. The van der Waals surface area contributed by atoms with Gasteiger partial charge in [0.05, 0.1) is 19.8 Å². The van der Waals surface area contributed by atoms with Crippen LogP contribution in [0.3, 0.4) is 0 Å². The van der Waals surface area contributed by atoms with Crippen LogP contribution in [0, 0.1) is 0 Å². The number of amides is 4. The smallest absolute Gasteiger partial charge is 0.329 e. The van der Waals surface area contributed by atoms with Crippen LogP contribution < -0.4 is 0 Å². The highest BCUT2D eigenvalue weighted by atomic mass is 32.2. The number of hydrogen-bond acceptors (Lipinski definition) is 4. The summed E-state index contributed by atoms with van der Waals surface area (Å²) < 4.78 is 0.191. The summed E-state index contributed by atoms with van der Waals surface area (Å²) in [7, 11) is 0. The Labute approximate surface area is 149 Å². The second-order valence-electron chi connectivity index (χ2n) is 6.57. The lowest BCUT2D eigenvalue weighted by Gasteiger charge is -2.40. The monoisotopic (exact) mass is 357 g/mol. The van der Waals surface area contributed by atoms with Crippen LogP contribution in [0.15, 0.2) is 12.7 Å². The summed E-state index contributed by atoms with van der Waals surface area (Å²) in [5.74, 6) is 1.14. The van der Waals surface area contributed by atoms with E-state index in [2.05, 4.69) is 27.4 Å². The molecule has 0 spiro atoms. The van der Waals surface area contributed by atoms with Gasteiger partial charge in [-0.1, -0.05) is 26.8 Å². The zero-order valence-corrected chi connectivity index (χ0v) is 16.0. The standard InChI is InChI=1S/C17H31N3O3S/c1-5-9-20-15(22)18(14-19(11-12-21)16(20)23)10-7-8-17(3,4)24-13-6-2/h5,21H,1,6-14H2,2-4H3. The molecule has 0 aromatic rings. The first-order valence-corrected chi connectivity index (χ1v) is 9.56. The molecule has 1 N–H and O–H groups in total. The predicted octanol–water partition coefficient (Wildman–Crippen LogP) is 2.98. The minimum Gasteiger partial charge on any atom is -0.395 e. The lowest BCUT2D eigenvalue weighted by atomic mass is 10.1. The van der Waals surface area contributed by atoms with E-state index in [1.54, 1.807) is 11.0 Å². The molecule has 6 nitrogen and oxygen atoms in total. The van der Waals surface area contributed by atoms with Crippen molar-refractivity contribution in [1.82, 2.24) is 14.7 Å². The van der Waals surface area contributed by atoms with E-state index in [-0.39, 0.29) is 43.2 Å². The molecule has 1 rings (SSSR count). The van der Waals surface area contributed by atoms with Crippen LogP contribution in [0.4, 0.5) is 9.59 Å². The lowest BCUT2D eigenvalue weighted by Crippen LogP contribution is -2.61. The maximum atomic E-state index is 12.5. The Hall–Kier alpha value is -1.21. The molecular weight excluding hydrogens is 326 g/mol. The maximum Gasteiger partial charge on any atom is 0.329 e. The van der Waals surface area contributed by atoms with E-state index in [1.165, 1.54) is 9.80 Å².